The third kappa shape index (κ3) is 6.73. The highest BCUT2D eigenvalue weighted by Gasteiger charge is 2.23. The minimum absolute atomic E-state index is 0.199. The van der Waals surface area contributed by atoms with E-state index in [1.807, 2.05) is 36.4 Å². The number of hydrogen-bond donors (Lipinski definition) is 2. The standard InChI is InChI=1S/C24H31ClN2O3/c1-18-3-8-21(25)15-24(18)27-13-11-26(12-14-27)16-22(29)17-30-23-9-6-20(7-10-23)5-4-19(2)28/h3,6-10,15,22,29H,4-5,11-14,16-17H2,1-2H3/p+1/t22-/m1/s1. The Balaban J connectivity index is 1.40. The molecule has 30 heavy (non-hydrogen) atoms. The van der Waals surface area contributed by atoms with Crippen LogP contribution in [0.4, 0.5) is 5.69 Å². The molecule has 5 nitrogen and oxygen atoms in total. The molecule has 1 heterocycles. The van der Waals surface area contributed by atoms with Crippen LogP contribution >= 0.6 is 11.6 Å². The van der Waals surface area contributed by atoms with Crippen LogP contribution in [-0.2, 0) is 11.2 Å². The number of nitrogens with one attached hydrogen (secondary N) is 1. The number of carbonyl (C=O) groups excluding carboxylic acids is 1. The summed E-state index contributed by atoms with van der Waals surface area (Å²) in [6.45, 7) is 8.55. The Morgan fingerprint density at radius 3 is 2.57 bits per heavy atom. The molecule has 0 aliphatic carbocycles. The SMILES string of the molecule is CC(=O)CCc1ccc(OC[C@H](O)C[NH+]2CCN(c3cc(Cl)ccc3C)CC2)cc1. The maximum absolute atomic E-state index is 11.1. The fourth-order valence-corrected chi connectivity index (χ4v) is 4.01. The number of ketones is 1. The van der Waals surface area contributed by atoms with E-state index in [0.717, 1.165) is 48.9 Å². The van der Waals surface area contributed by atoms with Crippen molar-refractivity contribution in [3.8, 4) is 5.75 Å². The monoisotopic (exact) mass is 431 g/mol. The molecule has 0 radical (unpaired) electrons. The lowest BCUT2D eigenvalue weighted by molar-refractivity contribution is -0.903. The van der Waals surface area contributed by atoms with Crippen molar-refractivity contribution in [2.45, 2.75) is 32.8 Å². The van der Waals surface area contributed by atoms with Gasteiger partial charge in [-0.1, -0.05) is 29.8 Å². The fraction of sp³-hybridized carbons (Fsp3) is 0.458. The average molecular weight is 432 g/mol. The van der Waals surface area contributed by atoms with Gasteiger partial charge in [-0.15, -0.1) is 0 Å². The second kappa shape index (κ2) is 10.8. The Hall–Kier alpha value is -2.08. The first kappa shape index (κ1) is 22.6. The number of Topliss-reactive ketones (excluding diaryl/α,β-unsaturated/α-hetero) is 1. The molecule has 2 N–H and O–H groups in total. The van der Waals surface area contributed by atoms with Gasteiger partial charge >= 0.3 is 0 Å². The molecule has 6 heteroatoms. The van der Waals surface area contributed by atoms with Gasteiger partial charge in [-0.2, -0.15) is 0 Å². The van der Waals surface area contributed by atoms with Crippen molar-refractivity contribution in [1.82, 2.24) is 0 Å². The van der Waals surface area contributed by atoms with Crippen molar-refractivity contribution in [2.75, 3.05) is 44.2 Å². The van der Waals surface area contributed by atoms with Crippen LogP contribution in [0.15, 0.2) is 42.5 Å². The number of anilines is 1. The first-order chi connectivity index (χ1) is 14.4. The van der Waals surface area contributed by atoms with E-state index in [1.165, 1.54) is 16.2 Å². The van der Waals surface area contributed by atoms with Gasteiger partial charge in [0.2, 0.25) is 0 Å². The minimum Gasteiger partial charge on any atom is -0.491 e. The lowest BCUT2D eigenvalue weighted by atomic mass is 10.1. The van der Waals surface area contributed by atoms with Gasteiger partial charge in [-0.3, -0.25) is 0 Å². The molecule has 0 bridgehead atoms. The lowest BCUT2D eigenvalue weighted by Gasteiger charge is -2.35. The molecule has 2 aromatic carbocycles. The van der Waals surface area contributed by atoms with Crippen LogP contribution in [-0.4, -0.2) is 56.3 Å². The summed E-state index contributed by atoms with van der Waals surface area (Å²) in [7, 11) is 0. The van der Waals surface area contributed by atoms with Crippen LogP contribution in [0.1, 0.15) is 24.5 Å². The van der Waals surface area contributed by atoms with E-state index < -0.39 is 6.10 Å². The van der Waals surface area contributed by atoms with E-state index in [9.17, 15) is 9.90 Å². The molecule has 3 rings (SSSR count). The molecule has 0 unspecified atom stereocenters. The normalized spacial score (nSPS) is 15.8. The van der Waals surface area contributed by atoms with Crippen molar-refractivity contribution in [3.63, 3.8) is 0 Å². The van der Waals surface area contributed by atoms with E-state index in [1.54, 1.807) is 6.92 Å². The van der Waals surface area contributed by atoms with Crippen molar-refractivity contribution < 1.29 is 19.5 Å². The van der Waals surface area contributed by atoms with E-state index in [4.69, 9.17) is 16.3 Å². The topological polar surface area (TPSA) is 54.2 Å². The molecule has 1 aliphatic rings. The molecule has 1 atom stereocenters. The van der Waals surface area contributed by atoms with Gasteiger partial charge in [-0.25, -0.2) is 0 Å². The summed E-state index contributed by atoms with van der Waals surface area (Å²) in [6.07, 6.45) is 0.811. The van der Waals surface area contributed by atoms with Crippen molar-refractivity contribution >= 4 is 23.1 Å². The minimum atomic E-state index is -0.503. The van der Waals surface area contributed by atoms with Crippen LogP contribution in [0.5, 0.6) is 5.75 Å². The van der Waals surface area contributed by atoms with Gasteiger partial charge < -0.3 is 24.4 Å². The number of nitrogens with zero attached hydrogens (tertiary/aromatic N) is 1. The van der Waals surface area contributed by atoms with Gasteiger partial charge in [-0.05, 0) is 55.7 Å². The Labute approximate surface area is 184 Å². The van der Waals surface area contributed by atoms with E-state index in [-0.39, 0.29) is 12.4 Å². The maximum atomic E-state index is 11.1. The molecule has 1 aliphatic heterocycles. The van der Waals surface area contributed by atoms with Crippen LogP contribution < -0.4 is 14.5 Å². The first-order valence-corrected chi connectivity index (χ1v) is 11.0. The molecule has 2 aromatic rings. The Bertz CT molecular complexity index is 833. The zero-order valence-electron chi connectivity index (χ0n) is 17.9. The van der Waals surface area contributed by atoms with Gasteiger partial charge in [0.05, 0.1) is 26.2 Å². The predicted octanol–water partition coefficient (Wildman–Crippen LogP) is 2.31. The van der Waals surface area contributed by atoms with Crippen LogP contribution in [0.3, 0.4) is 0 Å². The molecule has 0 spiro atoms. The second-order valence-electron chi connectivity index (χ2n) is 8.18. The van der Waals surface area contributed by atoms with Gasteiger partial charge in [0.25, 0.3) is 0 Å². The van der Waals surface area contributed by atoms with Gasteiger partial charge in [0, 0.05) is 17.1 Å². The zero-order chi connectivity index (χ0) is 21.5. The third-order valence-electron chi connectivity index (χ3n) is 5.64. The Morgan fingerprint density at radius 2 is 1.90 bits per heavy atom. The number of quaternary nitrogens is 1. The summed E-state index contributed by atoms with van der Waals surface area (Å²) >= 11 is 6.16. The van der Waals surface area contributed by atoms with E-state index in [0.29, 0.717) is 13.0 Å². The summed E-state index contributed by atoms with van der Waals surface area (Å²) < 4.78 is 5.75. The first-order valence-electron chi connectivity index (χ1n) is 10.6. The van der Waals surface area contributed by atoms with Gasteiger partial charge in [0.1, 0.15) is 30.8 Å². The number of halogens is 1. The van der Waals surface area contributed by atoms with E-state index >= 15 is 0 Å². The van der Waals surface area contributed by atoms with Crippen molar-refractivity contribution in [2.24, 2.45) is 0 Å². The van der Waals surface area contributed by atoms with Crippen LogP contribution in [0.2, 0.25) is 5.02 Å². The number of rotatable bonds is 9. The maximum Gasteiger partial charge on any atom is 0.137 e. The summed E-state index contributed by atoms with van der Waals surface area (Å²) in [4.78, 5) is 14.8. The van der Waals surface area contributed by atoms with E-state index in [2.05, 4.69) is 17.9 Å². The average Bonchev–Trinajstić information content (AvgIpc) is 2.74. The second-order valence-corrected chi connectivity index (χ2v) is 8.62. The number of hydrogen-bond acceptors (Lipinski definition) is 4. The lowest BCUT2D eigenvalue weighted by Crippen LogP contribution is -3.16. The summed E-state index contributed by atoms with van der Waals surface area (Å²) in [5.74, 6) is 0.946. The molecular weight excluding hydrogens is 400 g/mol. The molecule has 162 valence electrons. The number of piperazine rings is 1. The molecule has 1 fully saturated rings. The number of aliphatic hydroxyl groups excluding tert-OH is 1. The van der Waals surface area contributed by atoms with Crippen molar-refractivity contribution in [3.05, 3.63) is 58.6 Å². The molecule has 0 aromatic heterocycles. The smallest absolute Gasteiger partial charge is 0.137 e. The highest BCUT2D eigenvalue weighted by atomic mass is 35.5. The van der Waals surface area contributed by atoms with Crippen LogP contribution in [0.25, 0.3) is 0 Å². The fourth-order valence-electron chi connectivity index (χ4n) is 3.85. The van der Waals surface area contributed by atoms with Crippen molar-refractivity contribution in [1.29, 1.82) is 0 Å². The highest BCUT2D eigenvalue weighted by molar-refractivity contribution is 6.30. The quantitative estimate of drug-likeness (QED) is 0.639. The third-order valence-corrected chi connectivity index (χ3v) is 5.87. The van der Waals surface area contributed by atoms with Crippen LogP contribution in [0, 0.1) is 6.92 Å². The van der Waals surface area contributed by atoms with Gasteiger partial charge in [0.15, 0.2) is 0 Å². The molecular formula is C24H32ClN2O3+. The predicted molar refractivity (Wildman–Crippen MR) is 121 cm³/mol. The summed E-state index contributed by atoms with van der Waals surface area (Å²) in [6, 6.07) is 13.8. The largest absolute Gasteiger partial charge is 0.491 e. The Morgan fingerprint density at radius 1 is 1.20 bits per heavy atom. The number of aryl methyl sites for hydroxylation is 2. The zero-order valence-corrected chi connectivity index (χ0v) is 18.6. The number of benzene rings is 2. The number of ether oxygens (including phenoxy) is 1. The highest BCUT2D eigenvalue weighted by Crippen LogP contribution is 2.24. The number of aliphatic hydroxyl groups is 1. The molecule has 1 saturated heterocycles. The summed E-state index contributed by atoms with van der Waals surface area (Å²) in [5, 5.41) is 11.2. The Kier molecular flexibility index (Phi) is 8.14. The molecule has 0 amide bonds. The number of carbonyl (C=O) groups is 1. The molecule has 0 saturated carbocycles. The summed E-state index contributed by atoms with van der Waals surface area (Å²) in [5.41, 5.74) is 3.57.